The van der Waals surface area contributed by atoms with E-state index in [2.05, 4.69) is 10.6 Å². The molecule has 0 atom stereocenters. The van der Waals surface area contributed by atoms with Gasteiger partial charge in [0.25, 0.3) is 11.8 Å². The van der Waals surface area contributed by atoms with Crippen molar-refractivity contribution in [1.29, 1.82) is 0 Å². The second kappa shape index (κ2) is 10.1. The Balaban J connectivity index is 1.56. The van der Waals surface area contributed by atoms with Crippen LogP contribution in [0.25, 0.3) is 0 Å². The fourth-order valence-corrected chi connectivity index (χ4v) is 3.66. The van der Waals surface area contributed by atoms with Crippen LogP contribution < -0.4 is 10.6 Å². The summed E-state index contributed by atoms with van der Waals surface area (Å²) in [4.78, 5) is 37.9. The third-order valence-corrected chi connectivity index (χ3v) is 5.54. The van der Waals surface area contributed by atoms with Crippen LogP contribution in [0.3, 0.4) is 0 Å². The van der Waals surface area contributed by atoms with Crippen LogP contribution in [-0.4, -0.2) is 36.7 Å². The third kappa shape index (κ3) is 5.84. The molecule has 2 N–H and O–H groups in total. The zero-order valence-electron chi connectivity index (χ0n) is 16.3. The van der Waals surface area contributed by atoms with Gasteiger partial charge in [-0.05, 0) is 55.5 Å². The number of carbonyl (C=O) groups is 3. The molecule has 1 aliphatic carbocycles. The standard InChI is InChI=1S/C22H24N2O4S/c1-29-17-12-10-15(11-13-17)22(27)28-14-20(25)24-19-9-5-4-8-18(19)21(26)23-16-6-2-3-7-16/h4-5,8-13,16H,2-3,6-7,14H2,1H3,(H,23,26)(H,24,25). The largest absolute Gasteiger partial charge is 0.452 e. The lowest BCUT2D eigenvalue weighted by Gasteiger charge is -2.15. The number of ether oxygens (including phenoxy) is 1. The first-order chi connectivity index (χ1) is 14.1. The summed E-state index contributed by atoms with van der Waals surface area (Å²) in [5.41, 5.74) is 1.17. The lowest BCUT2D eigenvalue weighted by atomic mass is 10.1. The first-order valence-corrected chi connectivity index (χ1v) is 10.8. The molecular formula is C22H24N2O4S. The Morgan fingerprint density at radius 1 is 1.03 bits per heavy atom. The second-order valence-electron chi connectivity index (χ2n) is 6.85. The molecule has 0 spiro atoms. The molecule has 0 unspecified atom stereocenters. The summed E-state index contributed by atoms with van der Waals surface area (Å²) in [5.74, 6) is -1.28. The van der Waals surface area contributed by atoms with Gasteiger partial charge in [-0.1, -0.05) is 25.0 Å². The molecule has 3 rings (SSSR count). The smallest absolute Gasteiger partial charge is 0.338 e. The maximum Gasteiger partial charge on any atom is 0.338 e. The van der Waals surface area contributed by atoms with Gasteiger partial charge in [0.15, 0.2) is 6.61 Å². The van der Waals surface area contributed by atoms with Gasteiger partial charge in [0.2, 0.25) is 0 Å². The van der Waals surface area contributed by atoms with E-state index >= 15 is 0 Å². The van der Waals surface area contributed by atoms with E-state index in [1.807, 2.05) is 18.4 Å². The van der Waals surface area contributed by atoms with Crippen molar-refractivity contribution >= 4 is 35.2 Å². The average molecular weight is 413 g/mol. The molecule has 0 heterocycles. The van der Waals surface area contributed by atoms with Crippen LogP contribution in [0.5, 0.6) is 0 Å². The molecule has 7 heteroatoms. The first kappa shape index (κ1) is 20.9. The van der Waals surface area contributed by atoms with Gasteiger partial charge in [0.1, 0.15) is 0 Å². The molecule has 0 radical (unpaired) electrons. The molecule has 0 saturated heterocycles. The first-order valence-electron chi connectivity index (χ1n) is 9.57. The Labute approximate surface area is 174 Å². The van der Waals surface area contributed by atoms with Gasteiger partial charge in [0.05, 0.1) is 16.8 Å². The number of amides is 2. The summed E-state index contributed by atoms with van der Waals surface area (Å²) in [6, 6.07) is 14.0. The fourth-order valence-electron chi connectivity index (χ4n) is 3.25. The number of rotatable bonds is 7. The van der Waals surface area contributed by atoms with E-state index in [4.69, 9.17) is 4.74 Å². The van der Waals surface area contributed by atoms with Crippen molar-refractivity contribution in [3.63, 3.8) is 0 Å². The molecule has 0 bridgehead atoms. The van der Waals surface area contributed by atoms with Crippen LogP contribution in [-0.2, 0) is 9.53 Å². The van der Waals surface area contributed by atoms with E-state index in [9.17, 15) is 14.4 Å². The third-order valence-electron chi connectivity index (χ3n) is 4.80. The summed E-state index contributed by atoms with van der Waals surface area (Å²) >= 11 is 1.57. The molecule has 6 nitrogen and oxygen atoms in total. The summed E-state index contributed by atoms with van der Waals surface area (Å²) in [6.45, 7) is -0.429. The van der Waals surface area contributed by atoms with E-state index in [-0.39, 0.29) is 11.9 Å². The Morgan fingerprint density at radius 2 is 1.72 bits per heavy atom. The van der Waals surface area contributed by atoms with Gasteiger partial charge in [-0.25, -0.2) is 4.79 Å². The van der Waals surface area contributed by atoms with Crippen LogP contribution in [0.15, 0.2) is 53.4 Å². The number of thioether (sulfide) groups is 1. The summed E-state index contributed by atoms with van der Waals surface area (Å²) in [7, 11) is 0. The van der Waals surface area contributed by atoms with Gasteiger partial charge in [-0.3, -0.25) is 9.59 Å². The molecule has 2 aromatic rings. The van der Waals surface area contributed by atoms with Crippen molar-refractivity contribution in [2.24, 2.45) is 0 Å². The Kier molecular flexibility index (Phi) is 7.30. The highest BCUT2D eigenvalue weighted by molar-refractivity contribution is 7.98. The predicted octanol–water partition coefficient (Wildman–Crippen LogP) is 3.88. The van der Waals surface area contributed by atoms with Gasteiger partial charge in [0, 0.05) is 10.9 Å². The minimum Gasteiger partial charge on any atom is -0.452 e. The average Bonchev–Trinajstić information content (AvgIpc) is 3.25. The maximum absolute atomic E-state index is 12.6. The van der Waals surface area contributed by atoms with Crippen LogP contribution in [0, 0.1) is 0 Å². The van der Waals surface area contributed by atoms with Gasteiger partial charge >= 0.3 is 5.97 Å². The number of carbonyl (C=O) groups excluding carboxylic acids is 3. The molecule has 2 amide bonds. The van der Waals surface area contributed by atoms with Gasteiger partial charge < -0.3 is 15.4 Å². The molecule has 1 aliphatic rings. The normalized spacial score (nSPS) is 13.7. The number of hydrogen-bond acceptors (Lipinski definition) is 5. The molecule has 1 saturated carbocycles. The molecule has 0 aliphatic heterocycles. The van der Waals surface area contributed by atoms with E-state index in [0.29, 0.717) is 16.8 Å². The van der Waals surface area contributed by atoms with E-state index in [1.165, 1.54) is 0 Å². The molecular weight excluding hydrogens is 388 g/mol. The monoisotopic (exact) mass is 412 g/mol. The van der Waals surface area contributed by atoms with E-state index in [1.54, 1.807) is 48.2 Å². The number of benzene rings is 2. The summed E-state index contributed by atoms with van der Waals surface area (Å²) in [5, 5.41) is 5.67. The second-order valence-corrected chi connectivity index (χ2v) is 7.73. The summed E-state index contributed by atoms with van der Waals surface area (Å²) < 4.78 is 5.09. The SMILES string of the molecule is CSc1ccc(C(=O)OCC(=O)Nc2ccccc2C(=O)NC2CCCC2)cc1. The highest BCUT2D eigenvalue weighted by Gasteiger charge is 2.20. The van der Waals surface area contributed by atoms with Crippen LogP contribution in [0.2, 0.25) is 0 Å². The molecule has 0 aromatic heterocycles. The van der Waals surface area contributed by atoms with Crippen LogP contribution in [0.1, 0.15) is 46.4 Å². The Bertz CT molecular complexity index is 877. The maximum atomic E-state index is 12.6. The number of anilines is 1. The topological polar surface area (TPSA) is 84.5 Å². The van der Waals surface area contributed by atoms with Crippen molar-refractivity contribution in [1.82, 2.24) is 5.32 Å². The quantitative estimate of drug-likeness (QED) is 0.533. The highest BCUT2D eigenvalue weighted by Crippen LogP contribution is 2.20. The minimum absolute atomic E-state index is 0.185. The highest BCUT2D eigenvalue weighted by atomic mass is 32.2. The molecule has 152 valence electrons. The van der Waals surface area contributed by atoms with Gasteiger partial charge in [-0.2, -0.15) is 0 Å². The lowest BCUT2D eigenvalue weighted by molar-refractivity contribution is -0.119. The summed E-state index contributed by atoms with van der Waals surface area (Å²) in [6.07, 6.45) is 6.15. The number of para-hydroxylation sites is 1. The van der Waals surface area contributed by atoms with Crippen LogP contribution in [0.4, 0.5) is 5.69 Å². The minimum atomic E-state index is -0.569. The van der Waals surface area contributed by atoms with Crippen molar-refractivity contribution in [3.05, 3.63) is 59.7 Å². The van der Waals surface area contributed by atoms with Gasteiger partial charge in [-0.15, -0.1) is 11.8 Å². The number of nitrogens with one attached hydrogen (secondary N) is 2. The van der Waals surface area contributed by atoms with E-state index < -0.39 is 18.5 Å². The van der Waals surface area contributed by atoms with Crippen LogP contribution >= 0.6 is 11.8 Å². The predicted molar refractivity (Wildman–Crippen MR) is 113 cm³/mol. The molecule has 2 aromatic carbocycles. The Hall–Kier alpha value is -2.80. The van der Waals surface area contributed by atoms with Crippen molar-refractivity contribution in [2.45, 2.75) is 36.6 Å². The van der Waals surface area contributed by atoms with E-state index in [0.717, 1.165) is 30.6 Å². The molecule has 29 heavy (non-hydrogen) atoms. The van der Waals surface area contributed by atoms with Crippen molar-refractivity contribution in [3.8, 4) is 0 Å². The zero-order valence-corrected chi connectivity index (χ0v) is 17.1. The Morgan fingerprint density at radius 3 is 2.41 bits per heavy atom. The molecule has 1 fully saturated rings. The number of hydrogen-bond donors (Lipinski definition) is 2. The fraction of sp³-hybridized carbons (Fsp3) is 0.318. The lowest BCUT2D eigenvalue weighted by Crippen LogP contribution is -2.33. The number of esters is 1. The zero-order chi connectivity index (χ0) is 20.6. The van der Waals surface area contributed by atoms with Crippen molar-refractivity contribution in [2.75, 3.05) is 18.2 Å². The van der Waals surface area contributed by atoms with Crippen molar-refractivity contribution < 1.29 is 19.1 Å².